The predicted octanol–water partition coefficient (Wildman–Crippen LogP) is 3.96. The van der Waals surface area contributed by atoms with E-state index in [0.29, 0.717) is 22.5 Å². The topological polar surface area (TPSA) is 102 Å². The Bertz CT molecular complexity index is 1250. The maximum Gasteiger partial charge on any atom is 0.258 e. The van der Waals surface area contributed by atoms with Crippen LogP contribution < -0.4 is 5.32 Å². The van der Waals surface area contributed by atoms with E-state index in [-0.39, 0.29) is 16.5 Å². The lowest BCUT2D eigenvalue weighted by molar-refractivity contribution is 0.102. The fraction of sp³-hybridized carbons (Fsp3) is 0.0455. The number of benzene rings is 2. The fourth-order valence-electron chi connectivity index (χ4n) is 2.84. The number of hydrogen-bond acceptors (Lipinski definition) is 6. The van der Waals surface area contributed by atoms with Gasteiger partial charge in [-0.1, -0.05) is 41.6 Å². The Balaban J connectivity index is 1.43. The molecule has 7 nitrogen and oxygen atoms in total. The highest BCUT2D eigenvalue weighted by Gasteiger charge is 2.16. The van der Waals surface area contributed by atoms with Gasteiger partial charge in [-0.2, -0.15) is 0 Å². The maximum atomic E-state index is 12.5. The van der Waals surface area contributed by atoms with E-state index in [1.807, 2.05) is 6.07 Å². The number of aromatic nitrogens is 2. The third-order valence-electron chi connectivity index (χ3n) is 4.35. The molecule has 4 rings (SSSR count). The molecular weight excluding hydrogens is 402 g/mol. The van der Waals surface area contributed by atoms with Gasteiger partial charge in [0.25, 0.3) is 5.91 Å². The van der Waals surface area contributed by atoms with Crippen LogP contribution in [0.1, 0.15) is 15.9 Å². The predicted molar refractivity (Wildman–Crippen MR) is 111 cm³/mol. The van der Waals surface area contributed by atoms with Crippen LogP contribution in [0.5, 0.6) is 0 Å². The molecule has 4 aromatic rings. The molecular formula is C22H17N3O4S. The van der Waals surface area contributed by atoms with Crippen LogP contribution in [-0.4, -0.2) is 24.5 Å². The molecule has 0 unspecified atom stereocenters. The minimum atomic E-state index is -3.45. The van der Waals surface area contributed by atoms with E-state index in [2.05, 4.69) is 15.5 Å². The van der Waals surface area contributed by atoms with Gasteiger partial charge in [0, 0.05) is 17.8 Å². The second kappa shape index (κ2) is 8.30. The minimum absolute atomic E-state index is 0.144. The molecule has 150 valence electrons. The first-order valence-corrected chi connectivity index (χ1v) is 10.7. The summed E-state index contributed by atoms with van der Waals surface area (Å²) in [7, 11) is -3.45. The minimum Gasteiger partial charge on any atom is -0.338 e. The monoisotopic (exact) mass is 419 g/mol. The van der Waals surface area contributed by atoms with Crippen molar-refractivity contribution in [2.24, 2.45) is 0 Å². The average Bonchev–Trinajstić information content (AvgIpc) is 3.24. The van der Waals surface area contributed by atoms with E-state index in [1.165, 1.54) is 0 Å². The van der Waals surface area contributed by atoms with Crippen LogP contribution in [0.25, 0.3) is 11.4 Å². The zero-order chi connectivity index (χ0) is 21.0. The Morgan fingerprint density at radius 3 is 2.33 bits per heavy atom. The second-order valence-corrected chi connectivity index (χ2v) is 8.50. The van der Waals surface area contributed by atoms with E-state index < -0.39 is 15.7 Å². The van der Waals surface area contributed by atoms with Crippen molar-refractivity contribution in [2.75, 3.05) is 5.32 Å². The summed E-state index contributed by atoms with van der Waals surface area (Å²) in [4.78, 5) is 16.9. The molecule has 0 radical (unpaired) electrons. The summed E-state index contributed by atoms with van der Waals surface area (Å²) < 4.78 is 30.1. The number of rotatable bonds is 6. The highest BCUT2D eigenvalue weighted by atomic mass is 32.2. The van der Waals surface area contributed by atoms with Crippen LogP contribution in [0.15, 0.2) is 94.5 Å². The van der Waals surface area contributed by atoms with Crippen molar-refractivity contribution in [1.82, 2.24) is 10.1 Å². The summed E-state index contributed by atoms with van der Waals surface area (Å²) in [5, 5.41) is 6.53. The molecule has 1 amide bonds. The smallest absolute Gasteiger partial charge is 0.258 e. The highest BCUT2D eigenvalue weighted by Crippen LogP contribution is 2.20. The molecule has 0 saturated carbocycles. The molecule has 0 atom stereocenters. The van der Waals surface area contributed by atoms with Crippen molar-refractivity contribution >= 4 is 21.6 Å². The molecule has 2 aromatic carbocycles. The summed E-state index contributed by atoms with van der Waals surface area (Å²) in [6.07, 6.45) is 1.64. The summed E-state index contributed by atoms with van der Waals surface area (Å²) in [6.45, 7) is 0. The fourth-order valence-corrected chi connectivity index (χ4v) is 4.21. The SMILES string of the molecule is O=C(Nc1cc(-c2ccccn2)no1)c1ccc(CS(=O)(=O)c2ccccc2)cc1. The normalized spacial score (nSPS) is 11.2. The Kier molecular flexibility index (Phi) is 5.40. The summed E-state index contributed by atoms with van der Waals surface area (Å²) in [6, 6.07) is 21.6. The molecule has 0 bridgehead atoms. The van der Waals surface area contributed by atoms with Gasteiger partial charge < -0.3 is 4.52 Å². The molecule has 0 aliphatic heterocycles. The molecule has 0 aliphatic rings. The number of nitrogens with one attached hydrogen (secondary N) is 1. The number of nitrogens with zero attached hydrogens (tertiary/aromatic N) is 2. The molecule has 0 spiro atoms. The molecule has 8 heteroatoms. The van der Waals surface area contributed by atoms with E-state index in [9.17, 15) is 13.2 Å². The van der Waals surface area contributed by atoms with Crippen molar-refractivity contribution in [2.45, 2.75) is 10.6 Å². The number of hydrogen-bond donors (Lipinski definition) is 1. The van der Waals surface area contributed by atoms with Crippen molar-refractivity contribution in [3.05, 3.63) is 96.2 Å². The van der Waals surface area contributed by atoms with Gasteiger partial charge >= 0.3 is 0 Å². The first kappa shape index (κ1) is 19.5. The molecule has 30 heavy (non-hydrogen) atoms. The quantitative estimate of drug-likeness (QED) is 0.507. The Morgan fingerprint density at radius 2 is 1.63 bits per heavy atom. The summed E-state index contributed by atoms with van der Waals surface area (Å²) >= 11 is 0. The van der Waals surface area contributed by atoms with Crippen LogP contribution >= 0.6 is 0 Å². The number of sulfone groups is 1. The number of pyridine rings is 1. The van der Waals surface area contributed by atoms with Crippen LogP contribution in [-0.2, 0) is 15.6 Å². The maximum absolute atomic E-state index is 12.5. The van der Waals surface area contributed by atoms with Gasteiger partial charge in [-0.15, -0.1) is 0 Å². The van der Waals surface area contributed by atoms with Gasteiger partial charge in [0.2, 0.25) is 5.88 Å². The zero-order valence-electron chi connectivity index (χ0n) is 15.7. The average molecular weight is 419 g/mol. The van der Waals surface area contributed by atoms with Crippen LogP contribution in [0, 0.1) is 0 Å². The number of carbonyl (C=O) groups excluding carboxylic acids is 1. The van der Waals surface area contributed by atoms with E-state index in [1.54, 1.807) is 79.0 Å². The van der Waals surface area contributed by atoms with Crippen LogP contribution in [0.3, 0.4) is 0 Å². The summed E-state index contributed by atoms with van der Waals surface area (Å²) in [5.74, 6) is -0.346. The first-order valence-electron chi connectivity index (χ1n) is 9.07. The van der Waals surface area contributed by atoms with Crippen molar-refractivity contribution in [3.8, 4) is 11.4 Å². The molecule has 1 N–H and O–H groups in total. The number of anilines is 1. The lowest BCUT2D eigenvalue weighted by Gasteiger charge is -2.06. The lowest BCUT2D eigenvalue weighted by Crippen LogP contribution is -2.11. The van der Waals surface area contributed by atoms with Crippen molar-refractivity contribution in [3.63, 3.8) is 0 Å². The molecule has 0 fully saturated rings. The lowest BCUT2D eigenvalue weighted by atomic mass is 10.1. The molecule has 2 heterocycles. The van der Waals surface area contributed by atoms with Crippen LogP contribution in [0.4, 0.5) is 5.88 Å². The van der Waals surface area contributed by atoms with Crippen LogP contribution in [0.2, 0.25) is 0 Å². The number of amides is 1. The Labute approximate surface area is 173 Å². The number of carbonyl (C=O) groups is 1. The standard InChI is InChI=1S/C22H17N3O4S/c26-22(24-21-14-20(25-29-21)19-8-4-5-13-23-19)17-11-9-16(10-12-17)15-30(27,28)18-6-2-1-3-7-18/h1-14H,15H2,(H,24,26). The van der Waals surface area contributed by atoms with E-state index >= 15 is 0 Å². The third-order valence-corrected chi connectivity index (χ3v) is 6.05. The van der Waals surface area contributed by atoms with Gasteiger partial charge in [0.05, 0.1) is 16.3 Å². The zero-order valence-corrected chi connectivity index (χ0v) is 16.5. The highest BCUT2D eigenvalue weighted by molar-refractivity contribution is 7.90. The third kappa shape index (κ3) is 4.44. The van der Waals surface area contributed by atoms with E-state index in [4.69, 9.17) is 4.52 Å². The largest absolute Gasteiger partial charge is 0.338 e. The Morgan fingerprint density at radius 1 is 0.900 bits per heavy atom. The van der Waals surface area contributed by atoms with Gasteiger partial charge in [0.15, 0.2) is 9.84 Å². The van der Waals surface area contributed by atoms with E-state index in [0.717, 1.165) is 0 Å². The first-order chi connectivity index (χ1) is 14.5. The summed E-state index contributed by atoms with van der Waals surface area (Å²) in [5.41, 5.74) is 2.09. The second-order valence-electron chi connectivity index (χ2n) is 6.51. The molecule has 0 saturated heterocycles. The van der Waals surface area contributed by atoms with Gasteiger partial charge in [-0.05, 0) is 42.0 Å². The van der Waals surface area contributed by atoms with Gasteiger partial charge in [-0.3, -0.25) is 15.1 Å². The molecule has 2 aromatic heterocycles. The van der Waals surface area contributed by atoms with Gasteiger partial charge in [0.1, 0.15) is 5.69 Å². The van der Waals surface area contributed by atoms with Crippen molar-refractivity contribution < 1.29 is 17.7 Å². The van der Waals surface area contributed by atoms with Gasteiger partial charge in [-0.25, -0.2) is 8.42 Å². The van der Waals surface area contributed by atoms with Crippen molar-refractivity contribution in [1.29, 1.82) is 0 Å². The molecule has 0 aliphatic carbocycles. The Hall–Kier alpha value is -3.78.